The monoisotopic (exact) mass is 278 g/mol. The quantitative estimate of drug-likeness (QED) is 0.613. The van der Waals surface area contributed by atoms with E-state index in [1.165, 1.54) is 4.40 Å². The molecule has 0 aromatic carbocycles. The summed E-state index contributed by atoms with van der Waals surface area (Å²) in [5.74, 6) is 0.0463. The van der Waals surface area contributed by atoms with Crippen LogP contribution in [0.15, 0.2) is 24.4 Å². The van der Waals surface area contributed by atoms with E-state index in [0.29, 0.717) is 12.1 Å². The van der Waals surface area contributed by atoms with E-state index in [1.54, 1.807) is 29.3 Å². The van der Waals surface area contributed by atoms with Gasteiger partial charge in [-0.1, -0.05) is 6.07 Å². The maximum absolute atomic E-state index is 11.3. The third-order valence-electron chi connectivity index (χ3n) is 3.54. The molecule has 2 N–H and O–H groups in total. The van der Waals surface area contributed by atoms with Crippen molar-refractivity contribution in [1.82, 2.24) is 9.38 Å². The molecule has 1 saturated heterocycles. The van der Waals surface area contributed by atoms with Gasteiger partial charge in [0.05, 0.1) is 24.9 Å². The van der Waals surface area contributed by atoms with E-state index in [4.69, 9.17) is 0 Å². The van der Waals surface area contributed by atoms with Crippen LogP contribution in [0.5, 0.6) is 0 Å². The predicted octanol–water partition coefficient (Wildman–Crippen LogP) is 0.174. The second kappa shape index (κ2) is 4.73. The number of aliphatic hydroxyl groups is 2. The van der Waals surface area contributed by atoms with Crippen LogP contribution in [-0.4, -0.2) is 49.8 Å². The Bertz CT molecular complexity index is 656. The third kappa shape index (κ3) is 1.89. The Labute approximate surface area is 114 Å². The van der Waals surface area contributed by atoms with E-state index in [2.05, 4.69) is 4.98 Å². The molecule has 0 spiro atoms. The molecule has 2 unspecified atom stereocenters. The van der Waals surface area contributed by atoms with E-state index in [0.717, 1.165) is 0 Å². The fourth-order valence-corrected chi connectivity index (χ4v) is 2.66. The van der Waals surface area contributed by atoms with Crippen LogP contribution in [0.25, 0.3) is 5.65 Å². The van der Waals surface area contributed by atoms with E-state index in [-0.39, 0.29) is 30.8 Å². The van der Waals surface area contributed by atoms with Gasteiger partial charge in [-0.3, -0.25) is 0 Å². The normalized spacial score (nSPS) is 22.6. The van der Waals surface area contributed by atoms with E-state index >= 15 is 0 Å². The topological polar surface area (TPSA) is 104 Å². The van der Waals surface area contributed by atoms with Crippen LogP contribution < -0.4 is 4.90 Å². The highest BCUT2D eigenvalue weighted by Gasteiger charge is 2.37. The molecule has 0 bridgehead atoms. The minimum Gasteiger partial charge on any atom is -0.394 e. The number of rotatable bonds is 3. The van der Waals surface area contributed by atoms with Crippen molar-refractivity contribution in [3.63, 3.8) is 0 Å². The number of pyridine rings is 1. The summed E-state index contributed by atoms with van der Waals surface area (Å²) in [5.41, 5.74) is 0.465. The molecule has 2 atom stereocenters. The molecule has 1 aliphatic heterocycles. The summed E-state index contributed by atoms with van der Waals surface area (Å²) in [7, 11) is 0. The van der Waals surface area contributed by atoms with Crippen LogP contribution in [0.3, 0.4) is 0 Å². The zero-order valence-corrected chi connectivity index (χ0v) is 10.6. The van der Waals surface area contributed by atoms with Crippen LogP contribution in [0.4, 0.5) is 11.6 Å². The van der Waals surface area contributed by atoms with Crippen molar-refractivity contribution in [2.45, 2.75) is 18.6 Å². The minimum atomic E-state index is -0.614. The fourth-order valence-electron chi connectivity index (χ4n) is 2.66. The number of nitro groups is 1. The first kappa shape index (κ1) is 12.8. The van der Waals surface area contributed by atoms with Crippen molar-refractivity contribution in [3.05, 3.63) is 34.5 Å². The molecule has 8 nitrogen and oxygen atoms in total. The van der Waals surface area contributed by atoms with Gasteiger partial charge in [0.1, 0.15) is 0 Å². The Morgan fingerprint density at radius 2 is 2.30 bits per heavy atom. The third-order valence-corrected chi connectivity index (χ3v) is 3.54. The molecule has 3 heterocycles. The molecule has 1 fully saturated rings. The molecule has 20 heavy (non-hydrogen) atoms. The second-order valence-electron chi connectivity index (χ2n) is 4.82. The van der Waals surface area contributed by atoms with Gasteiger partial charge in [-0.25, -0.2) is 0 Å². The average Bonchev–Trinajstić information content (AvgIpc) is 2.98. The Morgan fingerprint density at radius 1 is 1.50 bits per heavy atom. The lowest BCUT2D eigenvalue weighted by Gasteiger charge is -2.21. The van der Waals surface area contributed by atoms with Crippen LogP contribution in [0, 0.1) is 10.1 Å². The van der Waals surface area contributed by atoms with Gasteiger partial charge in [0, 0.05) is 12.6 Å². The van der Waals surface area contributed by atoms with Crippen molar-refractivity contribution >= 4 is 17.3 Å². The van der Waals surface area contributed by atoms with Gasteiger partial charge in [-0.2, -0.15) is 9.38 Å². The van der Waals surface area contributed by atoms with Gasteiger partial charge in [-0.05, 0) is 17.4 Å². The number of hydrogen-bond acceptors (Lipinski definition) is 6. The van der Waals surface area contributed by atoms with Crippen molar-refractivity contribution in [3.8, 4) is 0 Å². The number of nitrogens with zero attached hydrogens (tertiary/aromatic N) is 4. The number of aromatic nitrogens is 2. The number of imidazole rings is 1. The molecular weight excluding hydrogens is 264 g/mol. The van der Waals surface area contributed by atoms with Crippen LogP contribution >= 0.6 is 0 Å². The Hall–Kier alpha value is -2.19. The van der Waals surface area contributed by atoms with E-state index in [9.17, 15) is 20.3 Å². The molecule has 0 aliphatic carbocycles. The van der Waals surface area contributed by atoms with E-state index in [1.807, 2.05) is 0 Å². The summed E-state index contributed by atoms with van der Waals surface area (Å²) in [4.78, 5) is 16.7. The molecule has 2 aromatic rings. The first-order valence-electron chi connectivity index (χ1n) is 6.29. The summed E-state index contributed by atoms with van der Waals surface area (Å²) in [6.45, 7) is 0.0536. The van der Waals surface area contributed by atoms with E-state index < -0.39 is 11.0 Å². The van der Waals surface area contributed by atoms with Gasteiger partial charge >= 0.3 is 5.82 Å². The molecular formula is C12H14N4O4. The zero-order valence-electron chi connectivity index (χ0n) is 10.6. The highest BCUT2D eigenvalue weighted by atomic mass is 16.6. The van der Waals surface area contributed by atoms with Crippen molar-refractivity contribution in [2.75, 3.05) is 18.1 Å². The summed E-state index contributed by atoms with van der Waals surface area (Å²) in [5, 5.41) is 30.4. The summed E-state index contributed by atoms with van der Waals surface area (Å²) in [6.07, 6.45) is 1.34. The summed E-state index contributed by atoms with van der Waals surface area (Å²) >= 11 is 0. The number of hydrogen-bond donors (Lipinski definition) is 2. The van der Waals surface area contributed by atoms with Gasteiger partial charge in [-0.15, -0.1) is 0 Å². The maximum atomic E-state index is 11.3. The lowest BCUT2D eigenvalue weighted by molar-refractivity contribution is -0.389. The molecule has 0 radical (unpaired) electrons. The van der Waals surface area contributed by atoms with Crippen molar-refractivity contribution < 1.29 is 15.1 Å². The smallest absolute Gasteiger partial charge is 0.372 e. The molecule has 0 saturated carbocycles. The van der Waals surface area contributed by atoms with Crippen LogP contribution in [-0.2, 0) is 0 Å². The SMILES string of the molecule is O=[N+]([O-])c1c(N2CC(O)CC2CO)nc2ccccn12. The highest BCUT2D eigenvalue weighted by molar-refractivity contribution is 5.64. The predicted molar refractivity (Wildman–Crippen MR) is 70.7 cm³/mol. The lowest BCUT2D eigenvalue weighted by Crippen LogP contribution is -2.33. The molecule has 3 rings (SSSR count). The Balaban J connectivity index is 2.15. The molecule has 1 aliphatic rings. The van der Waals surface area contributed by atoms with Crippen molar-refractivity contribution in [2.24, 2.45) is 0 Å². The number of fused-ring (bicyclic) bond motifs is 1. The van der Waals surface area contributed by atoms with Crippen LogP contribution in [0.1, 0.15) is 6.42 Å². The largest absolute Gasteiger partial charge is 0.394 e. The number of anilines is 1. The minimum absolute atomic E-state index is 0.145. The Kier molecular flexibility index (Phi) is 3.03. The first-order chi connectivity index (χ1) is 9.61. The number of β-amino-alcohol motifs (C(OH)–C–C–N with tert-alkyl or cyclic N) is 1. The van der Waals surface area contributed by atoms with Gasteiger partial charge < -0.3 is 25.2 Å². The Morgan fingerprint density at radius 3 is 3.00 bits per heavy atom. The second-order valence-corrected chi connectivity index (χ2v) is 4.82. The number of aliphatic hydroxyl groups excluding tert-OH is 2. The molecule has 8 heteroatoms. The standard InChI is InChI=1S/C12H14N4O4/c17-7-8-5-9(18)6-15(8)11-12(16(19)20)14-4-2-1-3-10(14)13-11/h1-4,8-9,17-18H,5-7H2. The first-order valence-corrected chi connectivity index (χ1v) is 6.29. The van der Waals surface area contributed by atoms with Crippen molar-refractivity contribution in [1.29, 1.82) is 0 Å². The summed E-state index contributed by atoms with van der Waals surface area (Å²) in [6, 6.07) is 4.76. The average molecular weight is 278 g/mol. The van der Waals surface area contributed by atoms with Gasteiger partial charge in [0.25, 0.3) is 0 Å². The fraction of sp³-hybridized carbons (Fsp3) is 0.417. The summed E-state index contributed by atoms with van der Waals surface area (Å²) < 4.78 is 1.40. The maximum Gasteiger partial charge on any atom is 0.372 e. The lowest BCUT2D eigenvalue weighted by atomic mass is 10.2. The zero-order chi connectivity index (χ0) is 14.3. The van der Waals surface area contributed by atoms with Gasteiger partial charge in [0.2, 0.25) is 11.5 Å². The molecule has 2 aromatic heterocycles. The highest BCUT2D eigenvalue weighted by Crippen LogP contribution is 2.33. The molecule has 0 amide bonds. The molecule has 106 valence electrons. The van der Waals surface area contributed by atoms with Crippen LogP contribution in [0.2, 0.25) is 0 Å². The van der Waals surface area contributed by atoms with Gasteiger partial charge in [0.15, 0.2) is 0 Å².